The number of carbonyl (C=O) groups excluding carboxylic acids is 1. The molecule has 0 radical (unpaired) electrons. The number of carbonyl (C=O) groups is 1. The molecule has 0 saturated heterocycles. The van der Waals surface area contributed by atoms with Crippen molar-refractivity contribution in [2.75, 3.05) is 21.1 Å². The van der Waals surface area contributed by atoms with Gasteiger partial charge in [-0.25, -0.2) is 0 Å². The van der Waals surface area contributed by atoms with Gasteiger partial charge in [0.05, 0.1) is 33.5 Å². The van der Waals surface area contributed by atoms with Crippen LogP contribution in [0.5, 0.6) is 23.0 Å². The minimum absolute atomic E-state index is 0.297. The predicted octanol–water partition coefficient (Wildman–Crippen LogP) is 4.16. The van der Waals surface area contributed by atoms with E-state index in [1.54, 1.807) is 0 Å². The molecule has 0 spiro atoms. The third-order valence-electron chi connectivity index (χ3n) is 3.46. The van der Waals surface area contributed by atoms with Crippen molar-refractivity contribution >= 4 is 17.9 Å². The number of methoxy groups -OCH3 is 3. The highest BCUT2D eigenvalue weighted by Gasteiger charge is 2.03. The van der Waals surface area contributed by atoms with E-state index in [0.717, 1.165) is 18.2 Å². The van der Waals surface area contributed by atoms with Gasteiger partial charge in [-0.1, -0.05) is 24.3 Å². The molecule has 0 aliphatic rings. The van der Waals surface area contributed by atoms with Gasteiger partial charge in [0, 0.05) is 6.08 Å². The van der Waals surface area contributed by atoms with Gasteiger partial charge in [0.2, 0.25) is 0 Å². The minimum atomic E-state index is -2.88. The summed E-state index contributed by atoms with van der Waals surface area (Å²) in [4.78, 5) is 12.1. The van der Waals surface area contributed by atoms with Gasteiger partial charge in [0.25, 0.3) is 0 Å². The van der Waals surface area contributed by atoms with Crippen molar-refractivity contribution in [2.24, 2.45) is 0 Å². The second kappa shape index (κ2) is 9.87. The van der Waals surface area contributed by atoms with Gasteiger partial charge in [-0.05, 0) is 47.5 Å². The summed E-state index contributed by atoms with van der Waals surface area (Å²) in [6.07, 6.45) is 5.71. The molecule has 2 rings (SSSR count). The first-order valence-electron chi connectivity index (χ1n) is 12.3. The highest BCUT2D eigenvalue weighted by molar-refractivity contribution is 6.02. The lowest BCUT2D eigenvalue weighted by molar-refractivity contribution is -0.110. The zero-order chi connectivity index (χ0) is 28.0. The molecule has 0 amide bonds. The smallest absolute Gasteiger partial charge is 0.182 e. The van der Waals surface area contributed by atoms with Gasteiger partial charge < -0.3 is 24.4 Å². The van der Waals surface area contributed by atoms with E-state index in [0.29, 0.717) is 11.1 Å². The highest BCUT2D eigenvalue weighted by atomic mass is 16.5. The molecular weight excluding hydrogens is 360 g/mol. The van der Waals surface area contributed by atoms with Crippen LogP contribution in [-0.4, -0.2) is 37.1 Å². The lowest BCUT2D eigenvalue weighted by Gasteiger charge is -2.07. The number of rotatable bonds is 8. The fourth-order valence-electron chi connectivity index (χ4n) is 2.11. The van der Waals surface area contributed by atoms with Crippen LogP contribution in [0.25, 0.3) is 12.2 Å². The van der Waals surface area contributed by atoms with Crippen LogP contribution in [-0.2, 0) is 4.79 Å². The van der Waals surface area contributed by atoms with Gasteiger partial charge in [-0.2, -0.15) is 0 Å². The largest absolute Gasteiger partial charge is 0.508 e. The lowest BCUT2D eigenvalue weighted by atomic mass is 10.1. The number of aliphatic hydroxyl groups excluding tert-OH is 1. The molecule has 2 aromatic rings. The summed E-state index contributed by atoms with van der Waals surface area (Å²) in [5.74, 6) is -2.48. The molecule has 6 heteroatoms. The monoisotopic (exact) mass is 391 g/mol. The summed E-state index contributed by atoms with van der Waals surface area (Å²) in [5, 5.41) is 19.7. The van der Waals surface area contributed by atoms with E-state index in [9.17, 15) is 15.0 Å². The Hall–Kier alpha value is -3.67. The Balaban J connectivity index is 2.16. The van der Waals surface area contributed by atoms with E-state index in [-0.39, 0.29) is 17.2 Å². The molecule has 6 nitrogen and oxygen atoms in total. The first-order chi connectivity index (χ1) is 16.9. The zero-order valence-electron chi connectivity index (χ0n) is 23.4. The third-order valence-corrected chi connectivity index (χ3v) is 3.46. The number of benzene rings is 2. The second-order valence-corrected chi connectivity index (χ2v) is 5.38. The van der Waals surface area contributed by atoms with Crippen LogP contribution in [0.3, 0.4) is 0 Å². The number of phenols is 1. The predicted molar refractivity (Wildman–Crippen MR) is 108 cm³/mol. The van der Waals surface area contributed by atoms with Gasteiger partial charge in [0.15, 0.2) is 28.8 Å². The summed E-state index contributed by atoms with van der Waals surface area (Å²) in [6, 6.07) is 7.57. The molecule has 0 fully saturated rings. The van der Waals surface area contributed by atoms with Crippen LogP contribution in [0.2, 0.25) is 0 Å². The number of aromatic hydroxyl groups is 1. The molecule has 146 valence electrons. The SMILES string of the molecule is [2H]C([2H])([2H])Oc1cc(/C=C/C(=O)C=C(O)/C=C/c2ccc(OC([2H])([2H])[2H])c(OC([2H])([2H])[2H])c2)ccc1O. The standard InChI is InChI=1S/C22H22O6/c1-26-20-11-7-16(13-22(20)28-3)5-9-18(24)14-17(23)8-4-15-6-10-19(25)21(12-15)27-2/h4-14,24-25H,1-3H3/b8-4+,9-5+,18-14?/i1D3,2D3,3D3. The first-order valence-corrected chi connectivity index (χ1v) is 7.75. The Bertz CT molecular complexity index is 1210. The summed E-state index contributed by atoms with van der Waals surface area (Å²) >= 11 is 0. The van der Waals surface area contributed by atoms with Gasteiger partial charge in [0.1, 0.15) is 5.76 Å². The molecule has 0 unspecified atom stereocenters. The van der Waals surface area contributed by atoms with E-state index in [4.69, 9.17) is 21.8 Å². The number of ether oxygens (including phenoxy) is 3. The fourth-order valence-corrected chi connectivity index (χ4v) is 2.11. The van der Waals surface area contributed by atoms with Crippen molar-refractivity contribution in [3.8, 4) is 23.0 Å². The molecule has 0 aromatic heterocycles. The normalized spacial score (nSPS) is 17.9. The lowest BCUT2D eigenvalue weighted by Crippen LogP contribution is -1.91. The van der Waals surface area contributed by atoms with E-state index in [1.807, 2.05) is 0 Å². The molecule has 2 aromatic carbocycles. The number of ketones is 1. The van der Waals surface area contributed by atoms with Crippen LogP contribution in [0.4, 0.5) is 0 Å². The molecule has 0 aliphatic carbocycles. The third kappa shape index (κ3) is 5.67. The number of aliphatic hydroxyl groups is 1. The quantitative estimate of drug-likeness (QED) is 0.399. The molecule has 0 heterocycles. The Morgan fingerprint density at radius 3 is 2.25 bits per heavy atom. The Labute approximate surface area is 176 Å². The molecule has 28 heavy (non-hydrogen) atoms. The number of hydrogen-bond donors (Lipinski definition) is 2. The van der Waals surface area contributed by atoms with Crippen molar-refractivity contribution in [1.82, 2.24) is 0 Å². The first kappa shape index (κ1) is 11.2. The highest BCUT2D eigenvalue weighted by Crippen LogP contribution is 2.28. The van der Waals surface area contributed by atoms with Crippen LogP contribution < -0.4 is 14.2 Å². The Kier molecular flexibility index (Phi) is 3.96. The van der Waals surface area contributed by atoms with Crippen molar-refractivity contribution in [1.29, 1.82) is 0 Å². The minimum Gasteiger partial charge on any atom is -0.508 e. The maximum Gasteiger partial charge on any atom is 0.182 e. The summed E-state index contributed by atoms with van der Waals surface area (Å²) in [5.41, 5.74) is 0.640. The van der Waals surface area contributed by atoms with E-state index < -0.39 is 38.4 Å². The van der Waals surface area contributed by atoms with Gasteiger partial charge in [-0.15, -0.1) is 0 Å². The fraction of sp³-hybridized carbons (Fsp3) is 0.136. The molecule has 0 bridgehead atoms. The summed E-state index contributed by atoms with van der Waals surface area (Å²) in [6.45, 7) is 0. The summed E-state index contributed by atoms with van der Waals surface area (Å²) in [7, 11) is -8.50. The van der Waals surface area contributed by atoms with Crippen LogP contribution in [0.15, 0.2) is 60.4 Å². The van der Waals surface area contributed by atoms with Crippen molar-refractivity contribution in [2.45, 2.75) is 0 Å². The Morgan fingerprint density at radius 2 is 1.50 bits per heavy atom. The van der Waals surface area contributed by atoms with E-state index >= 15 is 0 Å². The average molecular weight is 391 g/mol. The van der Waals surface area contributed by atoms with Gasteiger partial charge in [-0.3, -0.25) is 4.79 Å². The molecule has 0 saturated carbocycles. The second-order valence-electron chi connectivity index (χ2n) is 5.38. The topological polar surface area (TPSA) is 85.2 Å². The molecule has 0 atom stereocenters. The number of phenolic OH excluding ortho intramolecular Hbond substituents is 1. The van der Waals surface area contributed by atoms with Crippen molar-refractivity contribution in [3.63, 3.8) is 0 Å². The van der Waals surface area contributed by atoms with Crippen LogP contribution in [0.1, 0.15) is 23.5 Å². The van der Waals surface area contributed by atoms with Crippen molar-refractivity contribution < 1.29 is 41.6 Å². The number of hydrogen-bond acceptors (Lipinski definition) is 6. The molecule has 0 aliphatic heterocycles. The van der Waals surface area contributed by atoms with Gasteiger partial charge >= 0.3 is 0 Å². The average Bonchev–Trinajstić information content (AvgIpc) is 2.71. The summed E-state index contributed by atoms with van der Waals surface area (Å²) < 4.78 is 78.8. The molecular formula is C22H22O6. The Morgan fingerprint density at radius 1 is 0.893 bits per heavy atom. The maximum atomic E-state index is 12.1. The van der Waals surface area contributed by atoms with Crippen molar-refractivity contribution in [3.05, 3.63) is 71.5 Å². The maximum absolute atomic E-state index is 12.1. The van der Waals surface area contributed by atoms with Crippen LogP contribution in [0, 0.1) is 0 Å². The number of allylic oxidation sites excluding steroid dienone is 3. The van der Waals surface area contributed by atoms with Crippen LogP contribution >= 0.6 is 0 Å². The molecule has 2 N–H and O–H groups in total. The van der Waals surface area contributed by atoms with E-state index in [1.165, 1.54) is 48.6 Å². The zero-order valence-corrected chi connectivity index (χ0v) is 14.4. The van der Waals surface area contributed by atoms with E-state index in [2.05, 4.69) is 4.74 Å².